The maximum Gasteiger partial charge on any atom is 0.230 e. The minimum Gasteiger partial charge on any atom is -0.368 e. The molecule has 2 aromatic carbocycles. The van der Waals surface area contributed by atoms with E-state index in [4.69, 9.17) is 4.74 Å². The molecule has 1 amide bonds. The van der Waals surface area contributed by atoms with Gasteiger partial charge in [0.15, 0.2) is 0 Å². The summed E-state index contributed by atoms with van der Waals surface area (Å²) in [5.41, 5.74) is 2.32. The van der Waals surface area contributed by atoms with Crippen molar-refractivity contribution in [2.45, 2.75) is 57.1 Å². The standard InChI is InChI=1S/C25H33NO2S/c27-24(26-23-16-10-2-1-3-11-17-23)20-29-19-18-28-25(21-12-6-4-7-13-21)22-14-8-5-9-15-22/h4-9,12-15,23,25H,1-3,10-11,16-20H2,(H,26,27). The maximum absolute atomic E-state index is 12.3. The van der Waals surface area contributed by atoms with Crippen LogP contribution in [0.4, 0.5) is 0 Å². The monoisotopic (exact) mass is 411 g/mol. The summed E-state index contributed by atoms with van der Waals surface area (Å²) in [6.07, 6.45) is 8.65. The van der Waals surface area contributed by atoms with Gasteiger partial charge in [-0.15, -0.1) is 11.8 Å². The molecular formula is C25H33NO2S. The Balaban J connectivity index is 1.40. The van der Waals surface area contributed by atoms with Gasteiger partial charge in [-0.05, 0) is 24.0 Å². The van der Waals surface area contributed by atoms with Crippen molar-refractivity contribution in [2.75, 3.05) is 18.1 Å². The first-order chi connectivity index (χ1) is 14.3. The van der Waals surface area contributed by atoms with E-state index >= 15 is 0 Å². The average Bonchev–Trinajstić information content (AvgIpc) is 2.74. The predicted molar refractivity (Wildman–Crippen MR) is 122 cm³/mol. The number of ether oxygens (including phenoxy) is 1. The molecule has 4 heteroatoms. The van der Waals surface area contributed by atoms with Crippen LogP contribution in [-0.2, 0) is 9.53 Å². The third kappa shape index (κ3) is 7.87. The van der Waals surface area contributed by atoms with Crippen molar-refractivity contribution >= 4 is 17.7 Å². The molecule has 1 aliphatic rings. The number of nitrogens with one attached hydrogen (secondary N) is 1. The Bertz CT molecular complexity index is 660. The fraction of sp³-hybridized carbons (Fsp3) is 0.480. The largest absolute Gasteiger partial charge is 0.368 e. The summed E-state index contributed by atoms with van der Waals surface area (Å²) in [5, 5.41) is 3.24. The van der Waals surface area contributed by atoms with E-state index in [1.807, 2.05) is 36.4 Å². The highest BCUT2D eigenvalue weighted by molar-refractivity contribution is 7.99. The number of thioether (sulfide) groups is 1. The number of hydrogen-bond donors (Lipinski definition) is 1. The van der Waals surface area contributed by atoms with Gasteiger partial charge in [0, 0.05) is 11.8 Å². The second kappa shape index (κ2) is 12.7. The van der Waals surface area contributed by atoms with E-state index in [1.165, 1.54) is 32.1 Å². The van der Waals surface area contributed by atoms with Crippen LogP contribution in [0.3, 0.4) is 0 Å². The minimum absolute atomic E-state index is 0.0678. The summed E-state index contributed by atoms with van der Waals surface area (Å²) in [5.74, 6) is 1.50. The molecule has 0 radical (unpaired) electrons. The van der Waals surface area contributed by atoms with Gasteiger partial charge in [0.25, 0.3) is 0 Å². The number of amides is 1. The van der Waals surface area contributed by atoms with Gasteiger partial charge < -0.3 is 10.1 Å². The molecule has 29 heavy (non-hydrogen) atoms. The molecule has 0 spiro atoms. The van der Waals surface area contributed by atoms with Gasteiger partial charge in [0.05, 0.1) is 12.4 Å². The van der Waals surface area contributed by atoms with Gasteiger partial charge in [-0.25, -0.2) is 0 Å². The topological polar surface area (TPSA) is 38.3 Å². The highest BCUT2D eigenvalue weighted by Gasteiger charge is 2.15. The summed E-state index contributed by atoms with van der Waals surface area (Å²) in [6.45, 7) is 0.621. The summed E-state index contributed by atoms with van der Waals surface area (Å²) in [7, 11) is 0. The SMILES string of the molecule is O=C(CSCCOC(c1ccccc1)c1ccccc1)NC1CCCCCCC1. The molecule has 1 aliphatic carbocycles. The van der Waals surface area contributed by atoms with E-state index < -0.39 is 0 Å². The zero-order valence-corrected chi connectivity index (χ0v) is 18.0. The smallest absolute Gasteiger partial charge is 0.230 e. The molecule has 2 aromatic rings. The molecule has 3 rings (SSSR count). The van der Waals surface area contributed by atoms with Crippen LogP contribution in [0.1, 0.15) is 62.2 Å². The number of hydrogen-bond acceptors (Lipinski definition) is 3. The number of carbonyl (C=O) groups is 1. The lowest BCUT2D eigenvalue weighted by Gasteiger charge is -2.21. The van der Waals surface area contributed by atoms with Crippen molar-refractivity contribution < 1.29 is 9.53 Å². The van der Waals surface area contributed by atoms with Crippen molar-refractivity contribution in [2.24, 2.45) is 0 Å². The fourth-order valence-corrected chi connectivity index (χ4v) is 4.53. The Morgan fingerprint density at radius 2 is 1.45 bits per heavy atom. The Hall–Kier alpha value is -1.78. The van der Waals surface area contributed by atoms with Crippen LogP contribution in [0, 0.1) is 0 Å². The molecular weight excluding hydrogens is 378 g/mol. The molecule has 0 aromatic heterocycles. The van der Waals surface area contributed by atoms with Crippen molar-refractivity contribution in [1.82, 2.24) is 5.32 Å². The predicted octanol–water partition coefficient (Wildman–Crippen LogP) is 5.75. The maximum atomic E-state index is 12.3. The normalized spacial score (nSPS) is 15.6. The molecule has 1 saturated carbocycles. The summed E-state index contributed by atoms with van der Waals surface area (Å²) in [4.78, 5) is 12.3. The van der Waals surface area contributed by atoms with Crippen LogP contribution >= 0.6 is 11.8 Å². The minimum atomic E-state index is -0.0678. The number of carbonyl (C=O) groups excluding carboxylic acids is 1. The molecule has 0 saturated heterocycles. The molecule has 1 N–H and O–H groups in total. The quantitative estimate of drug-likeness (QED) is 0.534. The van der Waals surface area contributed by atoms with Crippen molar-refractivity contribution in [3.05, 3.63) is 71.8 Å². The average molecular weight is 412 g/mol. The van der Waals surface area contributed by atoms with Crippen molar-refractivity contribution in [3.8, 4) is 0 Å². The van der Waals surface area contributed by atoms with E-state index in [0.717, 1.165) is 29.7 Å². The molecule has 0 unspecified atom stereocenters. The van der Waals surface area contributed by atoms with Crippen LogP contribution in [0.2, 0.25) is 0 Å². The van der Waals surface area contributed by atoms with E-state index in [-0.39, 0.29) is 12.0 Å². The zero-order chi connectivity index (χ0) is 20.2. The second-order valence-electron chi connectivity index (χ2n) is 7.73. The summed E-state index contributed by atoms with van der Waals surface area (Å²) < 4.78 is 6.22. The molecule has 0 aliphatic heterocycles. The van der Waals surface area contributed by atoms with Crippen molar-refractivity contribution in [3.63, 3.8) is 0 Å². The third-order valence-electron chi connectivity index (χ3n) is 5.42. The first-order valence-corrected chi connectivity index (χ1v) is 12.1. The van der Waals surface area contributed by atoms with Crippen LogP contribution in [0.25, 0.3) is 0 Å². The lowest BCUT2D eigenvalue weighted by atomic mass is 9.97. The summed E-state index contributed by atoms with van der Waals surface area (Å²) >= 11 is 1.65. The van der Waals surface area contributed by atoms with Crippen LogP contribution < -0.4 is 5.32 Å². The first kappa shape index (κ1) is 21.9. The third-order valence-corrected chi connectivity index (χ3v) is 6.34. The zero-order valence-electron chi connectivity index (χ0n) is 17.2. The molecule has 1 fully saturated rings. The Kier molecular flexibility index (Phi) is 9.61. The van der Waals surface area contributed by atoms with Gasteiger partial charge in [0.1, 0.15) is 6.10 Å². The Morgan fingerprint density at radius 3 is 2.03 bits per heavy atom. The van der Waals surface area contributed by atoms with Gasteiger partial charge in [-0.3, -0.25) is 4.79 Å². The lowest BCUT2D eigenvalue weighted by molar-refractivity contribution is -0.119. The van der Waals surface area contributed by atoms with Crippen LogP contribution in [0.5, 0.6) is 0 Å². The molecule has 3 nitrogen and oxygen atoms in total. The lowest BCUT2D eigenvalue weighted by Crippen LogP contribution is -2.36. The highest BCUT2D eigenvalue weighted by Crippen LogP contribution is 2.26. The molecule has 0 bridgehead atoms. The molecule has 156 valence electrons. The van der Waals surface area contributed by atoms with Crippen LogP contribution in [-0.4, -0.2) is 30.1 Å². The number of rotatable bonds is 9. The first-order valence-electron chi connectivity index (χ1n) is 10.9. The Labute approximate surface area is 179 Å². The van der Waals surface area contributed by atoms with E-state index in [2.05, 4.69) is 29.6 Å². The second-order valence-corrected chi connectivity index (χ2v) is 8.84. The van der Waals surface area contributed by atoms with Gasteiger partial charge in [0.2, 0.25) is 5.91 Å². The highest BCUT2D eigenvalue weighted by atomic mass is 32.2. The van der Waals surface area contributed by atoms with Gasteiger partial charge in [-0.1, -0.05) is 92.8 Å². The molecule has 0 atom stereocenters. The molecule has 0 heterocycles. The fourth-order valence-electron chi connectivity index (χ4n) is 3.90. The number of benzene rings is 2. The van der Waals surface area contributed by atoms with E-state index in [1.54, 1.807) is 11.8 Å². The van der Waals surface area contributed by atoms with E-state index in [9.17, 15) is 4.79 Å². The van der Waals surface area contributed by atoms with Gasteiger partial charge >= 0.3 is 0 Å². The van der Waals surface area contributed by atoms with Crippen LogP contribution in [0.15, 0.2) is 60.7 Å². The Morgan fingerprint density at radius 1 is 0.897 bits per heavy atom. The summed E-state index contributed by atoms with van der Waals surface area (Å²) in [6, 6.07) is 21.0. The van der Waals surface area contributed by atoms with Gasteiger partial charge in [-0.2, -0.15) is 0 Å². The van der Waals surface area contributed by atoms with Crippen molar-refractivity contribution in [1.29, 1.82) is 0 Å². The van der Waals surface area contributed by atoms with E-state index in [0.29, 0.717) is 18.4 Å².